The number of hydrogen-bond donors (Lipinski definition) is 2. The summed E-state index contributed by atoms with van der Waals surface area (Å²) in [5, 5.41) is 5.20. The number of carbonyl (C=O) groups excluding carboxylic acids is 2. The van der Waals surface area contributed by atoms with Crippen LogP contribution in [0.2, 0.25) is 0 Å². The second kappa shape index (κ2) is 6.11. The van der Waals surface area contributed by atoms with Crippen LogP contribution in [0.3, 0.4) is 0 Å². The summed E-state index contributed by atoms with van der Waals surface area (Å²) in [5.41, 5.74) is 0.715. The molecule has 0 saturated heterocycles. The molecule has 0 fully saturated rings. The number of anilines is 2. The van der Waals surface area contributed by atoms with Crippen LogP contribution in [0.1, 0.15) is 18.0 Å². The third kappa shape index (κ3) is 3.12. The van der Waals surface area contributed by atoms with Crippen molar-refractivity contribution in [2.75, 3.05) is 10.6 Å². The minimum atomic E-state index is -4.45. The summed E-state index contributed by atoms with van der Waals surface area (Å²) in [7, 11) is 0. The van der Waals surface area contributed by atoms with Crippen molar-refractivity contribution < 1.29 is 22.8 Å². The first-order valence-corrected chi connectivity index (χ1v) is 8.08. The van der Waals surface area contributed by atoms with E-state index in [0.717, 1.165) is 12.1 Å². The monoisotopic (exact) mass is 374 g/mol. The van der Waals surface area contributed by atoms with Gasteiger partial charge >= 0.3 is 6.18 Å². The van der Waals surface area contributed by atoms with Crippen molar-refractivity contribution in [2.45, 2.75) is 18.6 Å². The minimum Gasteiger partial charge on any atom is -0.324 e. The first-order chi connectivity index (χ1) is 12.8. The Hall–Kier alpha value is -3.36. The fourth-order valence-corrected chi connectivity index (χ4v) is 3.07. The number of aromatic nitrogens is 2. The number of benzene rings is 2. The standard InChI is InChI=1S/C18H13F3N4O2/c19-18(20,21)10-5-7-11(8-6-10)22-16(27)14-9-15(26)24-17-23-12-3-1-2-4-13(12)25(14)17/h1-8,14H,9H2,(H,22,27)(H,23,24,26). The molecule has 0 spiro atoms. The van der Waals surface area contributed by atoms with Crippen LogP contribution in [-0.2, 0) is 15.8 Å². The fraction of sp³-hybridized carbons (Fsp3) is 0.167. The summed E-state index contributed by atoms with van der Waals surface area (Å²) in [5.74, 6) is -0.598. The summed E-state index contributed by atoms with van der Waals surface area (Å²) in [4.78, 5) is 29.0. The summed E-state index contributed by atoms with van der Waals surface area (Å²) in [6.07, 6.45) is -4.55. The summed E-state index contributed by atoms with van der Waals surface area (Å²) in [6.45, 7) is 0. The molecule has 2 N–H and O–H groups in total. The largest absolute Gasteiger partial charge is 0.416 e. The molecule has 1 aromatic heterocycles. The lowest BCUT2D eigenvalue weighted by molar-refractivity contribution is -0.137. The van der Waals surface area contributed by atoms with Gasteiger partial charge in [-0.2, -0.15) is 13.2 Å². The van der Waals surface area contributed by atoms with Gasteiger partial charge in [0.05, 0.1) is 23.0 Å². The van der Waals surface area contributed by atoms with Gasteiger partial charge in [-0.3, -0.25) is 19.5 Å². The molecule has 27 heavy (non-hydrogen) atoms. The molecule has 0 radical (unpaired) electrons. The van der Waals surface area contributed by atoms with Gasteiger partial charge in [-0.25, -0.2) is 4.98 Å². The number of alkyl halides is 3. The van der Waals surface area contributed by atoms with Crippen molar-refractivity contribution >= 4 is 34.5 Å². The SMILES string of the molecule is O=C1CC(C(=O)Nc2ccc(C(F)(F)F)cc2)n2c(nc3ccccc32)N1. The van der Waals surface area contributed by atoms with Crippen LogP contribution in [0, 0.1) is 0 Å². The normalized spacial score (nSPS) is 16.7. The van der Waals surface area contributed by atoms with Gasteiger partial charge < -0.3 is 5.32 Å². The van der Waals surface area contributed by atoms with Crippen LogP contribution in [0.15, 0.2) is 48.5 Å². The molecule has 0 bridgehead atoms. The number of hydrogen-bond acceptors (Lipinski definition) is 3. The van der Waals surface area contributed by atoms with Crippen LogP contribution in [0.5, 0.6) is 0 Å². The summed E-state index contributed by atoms with van der Waals surface area (Å²) < 4.78 is 39.6. The van der Waals surface area contributed by atoms with E-state index in [-0.39, 0.29) is 24.0 Å². The Morgan fingerprint density at radius 3 is 2.56 bits per heavy atom. The Bertz CT molecular complexity index is 1040. The number of halogens is 3. The van der Waals surface area contributed by atoms with Crippen LogP contribution < -0.4 is 10.6 Å². The van der Waals surface area contributed by atoms with Crippen molar-refractivity contribution in [3.63, 3.8) is 0 Å². The molecule has 6 nitrogen and oxygen atoms in total. The highest BCUT2D eigenvalue weighted by Gasteiger charge is 2.33. The Kier molecular flexibility index (Phi) is 3.87. The van der Waals surface area contributed by atoms with Crippen molar-refractivity contribution in [3.05, 3.63) is 54.1 Å². The third-order valence-corrected chi connectivity index (χ3v) is 4.32. The van der Waals surface area contributed by atoms with Gasteiger partial charge in [0.25, 0.3) is 0 Å². The number of imidazole rings is 1. The van der Waals surface area contributed by atoms with Gasteiger partial charge in [-0.1, -0.05) is 12.1 Å². The van der Waals surface area contributed by atoms with E-state index in [1.165, 1.54) is 12.1 Å². The lowest BCUT2D eigenvalue weighted by Crippen LogP contribution is -2.35. The van der Waals surface area contributed by atoms with Crippen LogP contribution >= 0.6 is 0 Å². The molecule has 0 aliphatic carbocycles. The highest BCUT2D eigenvalue weighted by atomic mass is 19.4. The van der Waals surface area contributed by atoms with Crippen molar-refractivity contribution in [2.24, 2.45) is 0 Å². The molecule has 2 heterocycles. The first kappa shape index (κ1) is 17.1. The van der Waals surface area contributed by atoms with Gasteiger partial charge in [0, 0.05) is 5.69 Å². The molecule has 9 heteroatoms. The molecule has 4 rings (SSSR count). The molecule has 138 valence electrons. The van der Waals surface area contributed by atoms with Crippen LogP contribution in [0.4, 0.5) is 24.8 Å². The van der Waals surface area contributed by atoms with E-state index in [2.05, 4.69) is 15.6 Å². The number of para-hydroxylation sites is 2. The second-order valence-corrected chi connectivity index (χ2v) is 6.13. The molecule has 2 amide bonds. The summed E-state index contributed by atoms with van der Waals surface area (Å²) in [6, 6.07) is 10.4. The van der Waals surface area contributed by atoms with Gasteiger partial charge in [0.15, 0.2) is 0 Å². The van der Waals surface area contributed by atoms with E-state index in [1.54, 1.807) is 28.8 Å². The average molecular weight is 374 g/mol. The lowest BCUT2D eigenvalue weighted by Gasteiger charge is -2.25. The molecule has 0 saturated carbocycles. The summed E-state index contributed by atoms with van der Waals surface area (Å²) >= 11 is 0. The third-order valence-electron chi connectivity index (χ3n) is 4.32. The van der Waals surface area contributed by atoms with E-state index in [0.29, 0.717) is 11.0 Å². The van der Waals surface area contributed by atoms with E-state index in [9.17, 15) is 22.8 Å². The Morgan fingerprint density at radius 2 is 1.85 bits per heavy atom. The number of rotatable bonds is 2. The molecule has 1 aliphatic rings. The number of nitrogens with one attached hydrogen (secondary N) is 2. The maximum atomic E-state index is 12.7. The number of fused-ring (bicyclic) bond motifs is 3. The molecule has 1 unspecified atom stereocenters. The average Bonchev–Trinajstić information content (AvgIpc) is 2.98. The second-order valence-electron chi connectivity index (χ2n) is 6.13. The predicted octanol–water partition coefficient (Wildman–Crippen LogP) is 3.58. The molecule has 1 atom stereocenters. The first-order valence-electron chi connectivity index (χ1n) is 8.08. The number of carbonyl (C=O) groups is 2. The predicted molar refractivity (Wildman–Crippen MR) is 92.1 cm³/mol. The molecule has 3 aromatic rings. The van der Waals surface area contributed by atoms with Gasteiger partial charge in [0.1, 0.15) is 6.04 Å². The van der Waals surface area contributed by atoms with E-state index in [1.807, 2.05) is 0 Å². The van der Waals surface area contributed by atoms with Gasteiger partial charge in [-0.05, 0) is 36.4 Å². The quantitative estimate of drug-likeness (QED) is 0.720. The molecule has 2 aromatic carbocycles. The zero-order valence-corrected chi connectivity index (χ0v) is 13.7. The Morgan fingerprint density at radius 1 is 1.15 bits per heavy atom. The number of nitrogens with zero attached hydrogens (tertiary/aromatic N) is 2. The fourth-order valence-electron chi connectivity index (χ4n) is 3.07. The van der Waals surface area contributed by atoms with Crippen LogP contribution in [0.25, 0.3) is 11.0 Å². The minimum absolute atomic E-state index is 0.0974. The van der Waals surface area contributed by atoms with E-state index in [4.69, 9.17) is 0 Å². The Labute approximate surface area is 151 Å². The van der Waals surface area contributed by atoms with Crippen molar-refractivity contribution in [3.8, 4) is 0 Å². The molecular formula is C18H13F3N4O2. The molecular weight excluding hydrogens is 361 g/mol. The van der Waals surface area contributed by atoms with Gasteiger partial charge in [0.2, 0.25) is 17.8 Å². The molecule has 1 aliphatic heterocycles. The maximum absolute atomic E-state index is 12.7. The van der Waals surface area contributed by atoms with Gasteiger partial charge in [-0.15, -0.1) is 0 Å². The van der Waals surface area contributed by atoms with E-state index < -0.39 is 23.7 Å². The van der Waals surface area contributed by atoms with E-state index >= 15 is 0 Å². The van der Waals surface area contributed by atoms with Crippen molar-refractivity contribution in [1.82, 2.24) is 9.55 Å². The zero-order valence-electron chi connectivity index (χ0n) is 13.7. The lowest BCUT2D eigenvalue weighted by atomic mass is 10.1. The highest BCUT2D eigenvalue weighted by Crippen LogP contribution is 2.32. The Balaban J connectivity index is 1.64. The highest BCUT2D eigenvalue weighted by molar-refractivity contribution is 6.02. The van der Waals surface area contributed by atoms with Crippen LogP contribution in [-0.4, -0.2) is 21.4 Å². The maximum Gasteiger partial charge on any atom is 0.416 e. The zero-order chi connectivity index (χ0) is 19.2. The topological polar surface area (TPSA) is 76.0 Å². The number of amides is 2. The smallest absolute Gasteiger partial charge is 0.324 e. The van der Waals surface area contributed by atoms with Crippen molar-refractivity contribution in [1.29, 1.82) is 0 Å².